The number of rotatable bonds is 6. The van der Waals surface area contributed by atoms with Gasteiger partial charge in [-0.3, -0.25) is 4.79 Å². The number of aromatic nitrogens is 1. The van der Waals surface area contributed by atoms with Gasteiger partial charge in [0, 0.05) is 18.8 Å². The van der Waals surface area contributed by atoms with Gasteiger partial charge in [-0.15, -0.1) is 0 Å². The van der Waals surface area contributed by atoms with Crippen molar-refractivity contribution in [3.05, 3.63) is 78.0 Å². The van der Waals surface area contributed by atoms with E-state index in [1.807, 2.05) is 48.5 Å². The van der Waals surface area contributed by atoms with Gasteiger partial charge in [0.15, 0.2) is 0 Å². The van der Waals surface area contributed by atoms with Gasteiger partial charge in [0.05, 0.1) is 22.6 Å². The molecule has 0 atom stereocenters. The van der Waals surface area contributed by atoms with Gasteiger partial charge < -0.3 is 22.1 Å². The van der Waals surface area contributed by atoms with E-state index in [-0.39, 0.29) is 0 Å². The van der Waals surface area contributed by atoms with Crippen LogP contribution in [0.3, 0.4) is 0 Å². The Morgan fingerprint density at radius 1 is 1.00 bits per heavy atom. The Morgan fingerprint density at radius 3 is 2.44 bits per heavy atom. The summed E-state index contributed by atoms with van der Waals surface area (Å²) in [6, 6.07) is 19.0. The van der Waals surface area contributed by atoms with Crippen LogP contribution in [0, 0.1) is 0 Å². The number of benzene rings is 2. The molecule has 0 spiro atoms. The molecular weight excluding hydrogens is 314 g/mol. The molecule has 1 amide bonds. The Morgan fingerprint density at radius 2 is 1.72 bits per heavy atom. The first-order valence-corrected chi connectivity index (χ1v) is 7.82. The van der Waals surface area contributed by atoms with Gasteiger partial charge in [-0.2, -0.15) is 0 Å². The van der Waals surface area contributed by atoms with E-state index in [4.69, 9.17) is 11.5 Å². The largest absolute Gasteiger partial charge is 0.397 e. The Labute approximate surface area is 145 Å². The molecule has 2 aromatic carbocycles. The van der Waals surface area contributed by atoms with E-state index in [0.717, 1.165) is 11.3 Å². The molecule has 0 aliphatic carbocycles. The number of para-hydroxylation sites is 2. The normalized spacial score (nSPS) is 10.2. The summed E-state index contributed by atoms with van der Waals surface area (Å²) < 4.78 is 0. The molecule has 0 unspecified atom stereocenters. The molecule has 0 bridgehead atoms. The van der Waals surface area contributed by atoms with Crippen molar-refractivity contribution in [3.63, 3.8) is 0 Å². The lowest BCUT2D eigenvalue weighted by atomic mass is 10.2. The maximum Gasteiger partial charge on any atom is 0.252 e. The lowest BCUT2D eigenvalue weighted by Gasteiger charge is -2.13. The van der Waals surface area contributed by atoms with Gasteiger partial charge in [-0.05, 0) is 17.7 Å². The number of amides is 1. The van der Waals surface area contributed by atoms with Crippen LogP contribution in [0.25, 0.3) is 0 Å². The molecule has 0 saturated carbocycles. The van der Waals surface area contributed by atoms with E-state index >= 15 is 0 Å². The minimum atomic E-state index is -0.533. The van der Waals surface area contributed by atoms with Gasteiger partial charge in [0.1, 0.15) is 5.82 Å². The van der Waals surface area contributed by atoms with E-state index in [0.29, 0.717) is 29.3 Å². The van der Waals surface area contributed by atoms with Gasteiger partial charge in [-0.1, -0.05) is 42.5 Å². The van der Waals surface area contributed by atoms with E-state index < -0.39 is 5.91 Å². The molecule has 0 fully saturated rings. The average Bonchev–Trinajstić information content (AvgIpc) is 2.63. The highest BCUT2D eigenvalue weighted by Crippen LogP contribution is 2.25. The average molecular weight is 333 g/mol. The summed E-state index contributed by atoms with van der Waals surface area (Å²) in [6.07, 6.45) is 1.46. The second-order valence-electron chi connectivity index (χ2n) is 5.53. The number of carbonyl (C=O) groups is 1. The van der Waals surface area contributed by atoms with Gasteiger partial charge in [-0.25, -0.2) is 4.98 Å². The van der Waals surface area contributed by atoms with Crippen LogP contribution in [0.15, 0.2) is 66.9 Å². The number of nitrogens with one attached hydrogen (secondary N) is 2. The van der Waals surface area contributed by atoms with Crippen molar-refractivity contribution >= 4 is 28.8 Å². The van der Waals surface area contributed by atoms with Crippen molar-refractivity contribution in [3.8, 4) is 0 Å². The minimum Gasteiger partial charge on any atom is -0.397 e. The highest BCUT2D eigenvalue weighted by atomic mass is 16.1. The fraction of sp³-hybridized carbons (Fsp3) is 0.0526. The van der Waals surface area contributed by atoms with Crippen molar-refractivity contribution in [2.45, 2.75) is 6.54 Å². The molecule has 0 radical (unpaired) electrons. The summed E-state index contributed by atoms with van der Waals surface area (Å²) in [7, 11) is 0. The first kappa shape index (κ1) is 16.3. The molecule has 6 N–H and O–H groups in total. The van der Waals surface area contributed by atoms with Crippen LogP contribution >= 0.6 is 0 Å². The van der Waals surface area contributed by atoms with Crippen LogP contribution in [-0.4, -0.2) is 10.9 Å². The number of nitrogens with zero attached hydrogens (tertiary/aromatic N) is 1. The van der Waals surface area contributed by atoms with Crippen LogP contribution in [-0.2, 0) is 6.54 Å². The van der Waals surface area contributed by atoms with Gasteiger partial charge >= 0.3 is 0 Å². The summed E-state index contributed by atoms with van der Waals surface area (Å²) in [5, 5.41) is 6.39. The number of nitrogens with two attached hydrogens (primary N) is 2. The van der Waals surface area contributed by atoms with Gasteiger partial charge in [0.2, 0.25) is 0 Å². The molecule has 3 rings (SSSR count). The molecule has 25 heavy (non-hydrogen) atoms. The molecule has 1 heterocycles. The smallest absolute Gasteiger partial charge is 0.252 e. The van der Waals surface area contributed by atoms with Crippen molar-refractivity contribution in [1.82, 2.24) is 4.98 Å². The summed E-state index contributed by atoms with van der Waals surface area (Å²) in [4.78, 5) is 15.9. The molecule has 1 aromatic heterocycles. The zero-order chi connectivity index (χ0) is 17.6. The van der Waals surface area contributed by atoms with Crippen molar-refractivity contribution in [2.24, 2.45) is 5.73 Å². The lowest BCUT2D eigenvalue weighted by Crippen LogP contribution is -2.15. The SMILES string of the molecule is NC(=O)c1cnc(Nc2ccccc2N)cc1NCc1ccccc1. The summed E-state index contributed by atoms with van der Waals surface area (Å²) in [5.74, 6) is 0.0345. The number of carbonyl (C=O) groups excluding carboxylic acids is 1. The third-order valence-corrected chi connectivity index (χ3v) is 3.72. The Hall–Kier alpha value is -3.54. The molecular formula is C19H19N5O. The minimum absolute atomic E-state index is 0.336. The van der Waals surface area contributed by atoms with Gasteiger partial charge in [0.25, 0.3) is 5.91 Å². The lowest BCUT2D eigenvalue weighted by molar-refractivity contribution is 0.100. The fourth-order valence-electron chi connectivity index (χ4n) is 2.41. The topological polar surface area (TPSA) is 106 Å². The molecule has 6 heteroatoms. The number of primary amides is 1. The zero-order valence-electron chi connectivity index (χ0n) is 13.6. The molecule has 6 nitrogen and oxygen atoms in total. The van der Waals surface area contributed by atoms with Crippen LogP contribution in [0.1, 0.15) is 15.9 Å². The van der Waals surface area contributed by atoms with E-state index in [1.165, 1.54) is 6.20 Å². The second-order valence-corrected chi connectivity index (χ2v) is 5.53. The molecule has 0 aliphatic rings. The van der Waals surface area contributed by atoms with Crippen molar-refractivity contribution in [1.29, 1.82) is 0 Å². The number of nitrogen functional groups attached to an aromatic ring is 1. The Bertz CT molecular complexity index is 880. The fourth-order valence-corrected chi connectivity index (χ4v) is 2.41. The van der Waals surface area contributed by atoms with Crippen LogP contribution in [0.2, 0.25) is 0 Å². The highest BCUT2D eigenvalue weighted by Gasteiger charge is 2.11. The molecule has 3 aromatic rings. The summed E-state index contributed by atoms with van der Waals surface area (Å²) >= 11 is 0. The number of hydrogen-bond acceptors (Lipinski definition) is 5. The first-order valence-electron chi connectivity index (χ1n) is 7.82. The van der Waals surface area contributed by atoms with Crippen LogP contribution in [0.5, 0.6) is 0 Å². The number of pyridine rings is 1. The van der Waals surface area contributed by atoms with E-state index in [2.05, 4.69) is 15.6 Å². The van der Waals surface area contributed by atoms with Crippen LogP contribution in [0.4, 0.5) is 22.9 Å². The first-order chi connectivity index (χ1) is 12.1. The van der Waals surface area contributed by atoms with Crippen molar-refractivity contribution in [2.75, 3.05) is 16.4 Å². The van der Waals surface area contributed by atoms with E-state index in [1.54, 1.807) is 12.1 Å². The maximum absolute atomic E-state index is 11.7. The predicted molar refractivity (Wildman–Crippen MR) is 101 cm³/mol. The third-order valence-electron chi connectivity index (χ3n) is 3.72. The number of anilines is 4. The van der Waals surface area contributed by atoms with Crippen LogP contribution < -0.4 is 22.1 Å². The summed E-state index contributed by atoms with van der Waals surface area (Å²) in [5.41, 5.74) is 14.8. The quantitative estimate of drug-likeness (QED) is 0.519. The Kier molecular flexibility index (Phi) is 4.80. The zero-order valence-corrected chi connectivity index (χ0v) is 13.6. The van der Waals surface area contributed by atoms with Crippen molar-refractivity contribution < 1.29 is 4.79 Å². The third kappa shape index (κ3) is 4.06. The second kappa shape index (κ2) is 7.35. The molecule has 0 aliphatic heterocycles. The maximum atomic E-state index is 11.7. The monoisotopic (exact) mass is 333 g/mol. The molecule has 126 valence electrons. The number of hydrogen-bond donors (Lipinski definition) is 4. The standard InChI is InChI=1S/C19H19N5O/c20-15-8-4-5-9-16(15)24-18-10-17(14(12-23-18)19(21)25)22-11-13-6-2-1-3-7-13/h1-10,12H,11,20H2,(H2,21,25)(H2,22,23,24). The predicted octanol–water partition coefficient (Wildman–Crippen LogP) is 3.12. The molecule has 0 saturated heterocycles. The van der Waals surface area contributed by atoms with E-state index in [9.17, 15) is 4.79 Å². The summed E-state index contributed by atoms with van der Waals surface area (Å²) in [6.45, 7) is 0.568. The highest BCUT2D eigenvalue weighted by molar-refractivity contribution is 5.98. The Balaban J connectivity index is 1.84.